The summed E-state index contributed by atoms with van der Waals surface area (Å²) in [5.74, 6) is -0.472. The maximum atomic E-state index is 12.0. The molecule has 3 N–H and O–H groups in total. The standard InChI is InChI=1S/C14H18F3N3O3/c1-3-18-13(22)20-12(21)9(2)19-10-4-6-11(7-5-10)23-8-14(15,16)17/h4-7,9,19H,3,8H2,1-2H3,(H2,18,20,21,22). The predicted octanol–water partition coefficient (Wildman–Crippen LogP) is 2.27. The van der Waals surface area contributed by atoms with Gasteiger partial charge >= 0.3 is 12.2 Å². The number of hydrogen-bond donors (Lipinski definition) is 3. The van der Waals surface area contributed by atoms with Crippen LogP contribution >= 0.6 is 0 Å². The topological polar surface area (TPSA) is 79.5 Å². The molecule has 6 nitrogen and oxygen atoms in total. The maximum absolute atomic E-state index is 12.0. The smallest absolute Gasteiger partial charge is 0.422 e. The molecule has 1 aromatic carbocycles. The fourth-order valence-corrected chi connectivity index (χ4v) is 1.55. The van der Waals surface area contributed by atoms with Gasteiger partial charge in [0.15, 0.2) is 6.61 Å². The summed E-state index contributed by atoms with van der Waals surface area (Å²) in [7, 11) is 0. The Bertz CT molecular complexity index is 532. The highest BCUT2D eigenvalue weighted by Crippen LogP contribution is 2.20. The van der Waals surface area contributed by atoms with E-state index in [0.29, 0.717) is 12.2 Å². The average molecular weight is 333 g/mol. The number of urea groups is 1. The minimum absolute atomic E-state index is 0.0623. The monoisotopic (exact) mass is 333 g/mol. The number of ether oxygens (including phenoxy) is 1. The van der Waals surface area contributed by atoms with Gasteiger partial charge in [-0.3, -0.25) is 10.1 Å². The molecule has 0 aromatic heterocycles. The van der Waals surface area contributed by atoms with E-state index in [4.69, 9.17) is 0 Å². The van der Waals surface area contributed by atoms with Crippen molar-refractivity contribution in [2.24, 2.45) is 0 Å². The number of alkyl halides is 3. The van der Waals surface area contributed by atoms with E-state index in [2.05, 4.69) is 20.7 Å². The Hall–Kier alpha value is -2.45. The Kier molecular flexibility index (Phi) is 6.67. The highest BCUT2D eigenvalue weighted by Gasteiger charge is 2.28. The zero-order valence-electron chi connectivity index (χ0n) is 12.7. The number of carbonyl (C=O) groups excluding carboxylic acids is 2. The molecule has 23 heavy (non-hydrogen) atoms. The average Bonchev–Trinajstić information content (AvgIpc) is 2.45. The van der Waals surface area contributed by atoms with Crippen LogP contribution in [-0.2, 0) is 4.79 Å². The first kappa shape index (κ1) is 18.6. The second kappa shape index (κ2) is 8.25. The number of amides is 3. The fraction of sp³-hybridized carbons (Fsp3) is 0.429. The molecule has 0 aliphatic carbocycles. The SMILES string of the molecule is CCNC(=O)NC(=O)C(C)Nc1ccc(OCC(F)(F)F)cc1. The molecule has 0 saturated carbocycles. The van der Waals surface area contributed by atoms with Crippen molar-refractivity contribution in [3.63, 3.8) is 0 Å². The second-order valence-corrected chi connectivity index (χ2v) is 4.64. The first-order valence-electron chi connectivity index (χ1n) is 6.86. The van der Waals surface area contributed by atoms with Crippen molar-refractivity contribution < 1.29 is 27.5 Å². The van der Waals surface area contributed by atoms with E-state index in [1.807, 2.05) is 0 Å². The summed E-state index contributed by atoms with van der Waals surface area (Å²) in [6.45, 7) is 2.28. The number of anilines is 1. The van der Waals surface area contributed by atoms with Crippen LogP contribution in [0.4, 0.5) is 23.7 Å². The van der Waals surface area contributed by atoms with E-state index in [1.54, 1.807) is 13.8 Å². The quantitative estimate of drug-likeness (QED) is 0.746. The lowest BCUT2D eigenvalue weighted by atomic mass is 10.2. The molecular weight excluding hydrogens is 315 g/mol. The molecule has 128 valence electrons. The first-order valence-corrected chi connectivity index (χ1v) is 6.86. The second-order valence-electron chi connectivity index (χ2n) is 4.64. The zero-order valence-corrected chi connectivity index (χ0v) is 12.7. The molecule has 1 aromatic rings. The van der Waals surface area contributed by atoms with Gasteiger partial charge in [0.25, 0.3) is 0 Å². The van der Waals surface area contributed by atoms with Crippen LogP contribution in [0.15, 0.2) is 24.3 Å². The van der Waals surface area contributed by atoms with Gasteiger partial charge in [-0.1, -0.05) is 0 Å². The summed E-state index contributed by atoms with van der Waals surface area (Å²) in [5.41, 5.74) is 0.503. The van der Waals surface area contributed by atoms with Crippen molar-refractivity contribution in [3.8, 4) is 5.75 Å². The Morgan fingerprint density at radius 3 is 2.35 bits per heavy atom. The lowest BCUT2D eigenvalue weighted by Gasteiger charge is -2.15. The third-order valence-electron chi connectivity index (χ3n) is 2.61. The van der Waals surface area contributed by atoms with Gasteiger partial charge in [-0.25, -0.2) is 4.79 Å². The van der Waals surface area contributed by atoms with E-state index in [-0.39, 0.29) is 5.75 Å². The molecule has 0 fully saturated rings. The van der Waals surface area contributed by atoms with E-state index < -0.39 is 30.8 Å². The van der Waals surface area contributed by atoms with Crippen LogP contribution in [0.2, 0.25) is 0 Å². The highest BCUT2D eigenvalue weighted by molar-refractivity contribution is 5.97. The Labute approximate surface area is 131 Å². The number of hydrogen-bond acceptors (Lipinski definition) is 4. The van der Waals surface area contributed by atoms with Gasteiger partial charge in [0.1, 0.15) is 11.8 Å². The normalized spacial score (nSPS) is 12.2. The molecule has 0 aliphatic rings. The largest absolute Gasteiger partial charge is 0.484 e. The molecule has 0 saturated heterocycles. The van der Waals surface area contributed by atoms with E-state index in [1.165, 1.54) is 24.3 Å². The molecule has 1 unspecified atom stereocenters. The first-order chi connectivity index (χ1) is 10.7. The number of rotatable bonds is 6. The van der Waals surface area contributed by atoms with Crippen LogP contribution in [0.5, 0.6) is 5.75 Å². The van der Waals surface area contributed by atoms with Crippen LogP contribution in [0, 0.1) is 0 Å². The summed E-state index contributed by atoms with van der Waals surface area (Å²) in [6.07, 6.45) is -4.40. The van der Waals surface area contributed by atoms with E-state index in [9.17, 15) is 22.8 Å². The van der Waals surface area contributed by atoms with Crippen molar-refractivity contribution in [2.45, 2.75) is 26.1 Å². The zero-order chi connectivity index (χ0) is 17.5. The van der Waals surface area contributed by atoms with Gasteiger partial charge in [0.2, 0.25) is 5.91 Å². The molecule has 0 spiro atoms. The van der Waals surface area contributed by atoms with Crippen LogP contribution in [0.25, 0.3) is 0 Å². The molecule has 0 radical (unpaired) electrons. The lowest BCUT2D eigenvalue weighted by molar-refractivity contribution is -0.153. The van der Waals surface area contributed by atoms with Gasteiger partial charge in [-0.15, -0.1) is 0 Å². The molecular formula is C14H18F3N3O3. The van der Waals surface area contributed by atoms with Gasteiger partial charge in [-0.05, 0) is 38.1 Å². The van der Waals surface area contributed by atoms with Gasteiger partial charge in [-0.2, -0.15) is 13.2 Å². The van der Waals surface area contributed by atoms with E-state index in [0.717, 1.165) is 0 Å². The summed E-state index contributed by atoms with van der Waals surface area (Å²) in [6, 6.07) is 4.34. The number of halogens is 3. The van der Waals surface area contributed by atoms with Crippen LogP contribution in [0.1, 0.15) is 13.8 Å². The molecule has 0 aliphatic heterocycles. The minimum Gasteiger partial charge on any atom is -0.484 e. The lowest BCUT2D eigenvalue weighted by Crippen LogP contribution is -2.45. The highest BCUT2D eigenvalue weighted by atomic mass is 19.4. The molecule has 1 atom stereocenters. The Balaban J connectivity index is 2.50. The number of nitrogens with one attached hydrogen (secondary N) is 3. The van der Waals surface area contributed by atoms with Gasteiger partial charge in [0.05, 0.1) is 0 Å². The summed E-state index contributed by atoms with van der Waals surface area (Å²) < 4.78 is 40.7. The van der Waals surface area contributed by atoms with Crippen LogP contribution in [0.3, 0.4) is 0 Å². The van der Waals surface area contributed by atoms with Gasteiger partial charge < -0.3 is 15.4 Å². The summed E-state index contributed by atoms with van der Waals surface area (Å²) in [5, 5.41) is 7.39. The molecule has 3 amide bonds. The molecule has 9 heteroatoms. The van der Waals surface area contributed by atoms with Crippen molar-refractivity contribution in [1.29, 1.82) is 0 Å². The predicted molar refractivity (Wildman–Crippen MR) is 78.3 cm³/mol. The number of benzene rings is 1. The maximum Gasteiger partial charge on any atom is 0.422 e. The fourth-order valence-electron chi connectivity index (χ4n) is 1.55. The summed E-state index contributed by atoms with van der Waals surface area (Å²) in [4.78, 5) is 23.0. The third-order valence-corrected chi connectivity index (χ3v) is 2.61. The van der Waals surface area contributed by atoms with Crippen molar-refractivity contribution in [1.82, 2.24) is 10.6 Å². The van der Waals surface area contributed by atoms with Crippen LogP contribution < -0.4 is 20.7 Å². The molecule has 0 heterocycles. The minimum atomic E-state index is -4.40. The number of imide groups is 1. The summed E-state index contributed by atoms with van der Waals surface area (Å²) >= 11 is 0. The third kappa shape index (κ3) is 7.39. The number of carbonyl (C=O) groups is 2. The Morgan fingerprint density at radius 2 is 1.83 bits per heavy atom. The molecule has 1 rings (SSSR count). The van der Waals surface area contributed by atoms with Crippen LogP contribution in [-0.4, -0.2) is 37.3 Å². The molecule has 0 bridgehead atoms. The van der Waals surface area contributed by atoms with Crippen molar-refractivity contribution in [2.75, 3.05) is 18.5 Å². The van der Waals surface area contributed by atoms with Crippen molar-refractivity contribution in [3.05, 3.63) is 24.3 Å². The Morgan fingerprint density at radius 1 is 1.22 bits per heavy atom. The van der Waals surface area contributed by atoms with Crippen molar-refractivity contribution >= 4 is 17.6 Å². The van der Waals surface area contributed by atoms with E-state index >= 15 is 0 Å². The van der Waals surface area contributed by atoms with Gasteiger partial charge in [0, 0.05) is 12.2 Å².